The maximum atomic E-state index is 13.0. The third kappa shape index (κ3) is 9.12. The molecule has 0 aliphatic carbocycles. The number of hydrogen-bond acceptors (Lipinski definition) is 9. The van der Waals surface area contributed by atoms with Gasteiger partial charge in [-0.1, -0.05) is 70.7 Å². The number of benzene rings is 4. The molecule has 12 nitrogen and oxygen atoms in total. The highest BCUT2D eigenvalue weighted by Crippen LogP contribution is 2.38. The summed E-state index contributed by atoms with van der Waals surface area (Å²) < 4.78 is 26.3. The minimum atomic E-state index is -1.16. The third-order valence-corrected chi connectivity index (χ3v) is 8.54. The van der Waals surface area contributed by atoms with Crippen LogP contribution in [0.1, 0.15) is 27.6 Å². The number of carboxylic acid groups (broad SMARTS) is 1. The van der Waals surface area contributed by atoms with Gasteiger partial charge in [0.05, 0.1) is 51.2 Å². The van der Waals surface area contributed by atoms with Crippen LogP contribution in [0.5, 0.6) is 23.0 Å². The number of hydrogen-bond donors (Lipinski definition) is 1. The van der Waals surface area contributed by atoms with Crippen molar-refractivity contribution in [1.29, 1.82) is 0 Å². The first-order valence-corrected chi connectivity index (χ1v) is 17.2. The van der Waals surface area contributed by atoms with Gasteiger partial charge in [-0.15, -0.1) is 0 Å². The highest BCUT2D eigenvalue weighted by Gasteiger charge is 2.27. The summed E-state index contributed by atoms with van der Waals surface area (Å²) in [5, 5.41) is 9.09. The molecule has 0 fully saturated rings. The summed E-state index contributed by atoms with van der Waals surface area (Å²) in [7, 11) is 0. The Hall–Kier alpha value is -4.88. The molecule has 16 heteroatoms. The van der Waals surface area contributed by atoms with E-state index in [1.165, 1.54) is 24.3 Å². The molecule has 0 saturated heterocycles. The topological polar surface area (TPSA) is 141 Å². The third-order valence-electron chi connectivity index (χ3n) is 7.42. The van der Waals surface area contributed by atoms with Gasteiger partial charge in [-0.05, 0) is 55.5 Å². The van der Waals surface area contributed by atoms with Gasteiger partial charge < -0.3 is 38.6 Å². The van der Waals surface area contributed by atoms with Gasteiger partial charge in [0.1, 0.15) is 24.7 Å². The Labute approximate surface area is 318 Å². The molecule has 2 aliphatic heterocycles. The maximum absolute atomic E-state index is 13.0. The van der Waals surface area contributed by atoms with E-state index >= 15 is 0 Å². The summed E-state index contributed by atoms with van der Waals surface area (Å²) in [6.45, 7) is 2.62. The first-order valence-electron chi connectivity index (χ1n) is 15.7. The zero-order valence-electron chi connectivity index (χ0n) is 27.4. The molecule has 4 aromatic carbocycles. The van der Waals surface area contributed by atoms with Crippen molar-refractivity contribution in [2.24, 2.45) is 0 Å². The molecule has 0 bridgehead atoms. The number of carbonyl (C=O) groups excluding carboxylic acids is 3. The van der Waals surface area contributed by atoms with Crippen molar-refractivity contribution >= 4 is 81.5 Å². The number of para-hydroxylation sites is 4. The summed E-state index contributed by atoms with van der Waals surface area (Å²) in [5.41, 5.74) is 1.93. The number of esters is 1. The summed E-state index contributed by atoms with van der Waals surface area (Å²) in [6.07, 6.45) is 0. The van der Waals surface area contributed by atoms with E-state index in [-0.39, 0.29) is 62.2 Å². The monoisotopic (exact) mass is 790 g/mol. The molecule has 0 atom stereocenters. The van der Waals surface area contributed by atoms with Crippen LogP contribution >= 0.6 is 46.4 Å². The van der Waals surface area contributed by atoms with E-state index in [4.69, 9.17) is 75.2 Å². The van der Waals surface area contributed by atoms with Crippen LogP contribution in [0.3, 0.4) is 0 Å². The average molecular weight is 792 g/mol. The zero-order valence-corrected chi connectivity index (χ0v) is 30.4. The fourth-order valence-electron chi connectivity index (χ4n) is 5.18. The van der Waals surface area contributed by atoms with Crippen LogP contribution in [-0.4, -0.2) is 75.0 Å². The van der Waals surface area contributed by atoms with E-state index in [0.717, 1.165) is 0 Å². The Morgan fingerprint density at radius 1 is 0.673 bits per heavy atom. The number of ether oxygens (including phenoxy) is 5. The van der Waals surface area contributed by atoms with Crippen molar-refractivity contribution in [2.45, 2.75) is 6.92 Å². The van der Waals surface area contributed by atoms with E-state index < -0.39 is 18.5 Å². The second kappa shape index (κ2) is 17.6. The van der Waals surface area contributed by atoms with Gasteiger partial charge in [0, 0.05) is 11.1 Å². The highest BCUT2D eigenvalue weighted by atomic mass is 35.5. The van der Waals surface area contributed by atoms with Gasteiger partial charge in [-0.3, -0.25) is 9.59 Å². The van der Waals surface area contributed by atoms with E-state index in [2.05, 4.69) is 0 Å². The quantitative estimate of drug-likeness (QED) is 0.170. The lowest BCUT2D eigenvalue weighted by Crippen LogP contribution is -2.37. The number of fused-ring (bicyclic) bond motifs is 2. The Kier molecular flexibility index (Phi) is 13.0. The predicted octanol–water partition coefficient (Wildman–Crippen LogP) is 7.47. The molecule has 272 valence electrons. The number of halogens is 4. The van der Waals surface area contributed by atoms with Crippen molar-refractivity contribution in [3.05, 3.63) is 104 Å². The van der Waals surface area contributed by atoms with Crippen molar-refractivity contribution in [1.82, 2.24) is 0 Å². The first kappa shape index (κ1) is 38.4. The van der Waals surface area contributed by atoms with Gasteiger partial charge in [-0.2, -0.15) is 0 Å². The van der Waals surface area contributed by atoms with Crippen LogP contribution in [0.15, 0.2) is 72.8 Å². The normalized spacial score (nSPS) is 12.9. The number of aliphatic carboxylic acids is 1. The van der Waals surface area contributed by atoms with E-state index in [1.807, 2.05) is 30.3 Å². The molecule has 52 heavy (non-hydrogen) atoms. The number of carbonyl (C=O) groups is 4. The lowest BCUT2D eigenvalue weighted by molar-refractivity contribution is -0.145. The van der Waals surface area contributed by atoms with Gasteiger partial charge >= 0.3 is 11.9 Å². The Bertz CT molecular complexity index is 1950. The van der Waals surface area contributed by atoms with Crippen LogP contribution in [0.2, 0.25) is 20.1 Å². The first-order chi connectivity index (χ1) is 25.0. The molecule has 2 aliphatic rings. The molecule has 4 aromatic rings. The maximum Gasteiger partial charge on any atom is 0.344 e. The Morgan fingerprint density at radius 2 is 1.08 bits per heavy atom. The van der Waals surface area contributed by atoms with Gasteiger partial charge in [-0.25, -0.2) is 9.59 Å². The lowest BCUT2D eigenvalue weighted by atomic mass is 10.1. The number of amides is 2. The number of anilines is 2. The molecule has 0 spiro atoms. The molecule has 0 aromatic heterocycles. The standard InChI is InChI=1S/C19H17Cl2NO5.C17H13Cl2NO5/c1-2-25-17(23)11-27-18-13(20)9-12(10-14(18)21)19(24)22-7-8-26-16-6-4-3-5-15(16)22;18-11-7-10(8-12(19)16(11)25-9-15(21)22)17(23)20-5-6-24-14-4-2-1-3-13(14)20/h3-6,9-10H,2,7-8,11H2,1H3;1-4,7-8H,5-6,9H2,(H,21,22). The average Bonchev–Trinajstić information content (AvgIpc) is 3.13. The van der Waals surface area contributed by atoms with Crippen molar-refractivity contribution < 1.29 is 48.0 Å². The largest absolute Gasteiger partial charge is 0.490 e. The minimum Gasteiger partial charge on any atom is -0.490 e. The summed E-state index contributed by atoms with van der Waals surface area (Å²) in [6, 6.07) is 20.3. The van der Waals surface area contributed by atoms with Crippen LogP contribution < -0.4 is 28.7 Å². The van der Waals surface area contributed by atoms with Crippen LogP contribution in [0.25, 0.3) is 0 Å². The summed E-state index contributed by atoms with van der Waals surface area (Å²) in [5.74, 6) is -0.804. The van der Waals surface area contributed by atoms with Crippen LogP contribution in [0, 0.1) is 0 Å². The van der Waals surface area contributed by atoms with E-state index in [1.54, 1.807) is 34.9 Å². The molecular weight excluding hydrogens is 762 g/mol. The minimum absolute atomic E-state index is 0.0321. The van der Waals surface area contributed by atoms with Gasteiger partial charge in [0.15, 0.2) is 24.7 Å². The highest BCUT2D eigenvalue weighted by molar-refractivity contribution is 6.38. The van der Waals surface area contributed by atoms with E-state index in [9.17, 15) is 19.2 Å². The molecule has 0 unspecified atom stereocenters. The Balaban J connectivity index is 0.000000202. The van der Waals surface area contributed by atoms with Crippen molar-refractivity contribution in [3.8, 4) is 23.0 Å². The lowest BCUT2D eigenvalue weighted by Gasteiger charge is -2.29. The zero-order chi connectivity index (χ0) is 37.4. The number of carboxylic acids is 1. The molecule has 0 radical (unpaired) electrons. The second-order valence-corrected chi connectivity index (χ2v) is 12.5. The number of nitrogens with zero attached hydrogens (tertiary/aromatic N) is 2. The van der Waals surface area contributed by atoms with Crippen LogP contribution in [0.4, 0.5) is 11.4 Å². The van der Waals surface area contributed by atoms with E-state index in [0.29, 0.717) is 54.7 Å². The smallest absolute Gasteiger partial charge is 0.344 e. The Morgan fingerprint density at radius 3 is 1.48 bits per heavy atom. The molecule has 2 heterocycles. The van der Waals surface area contributed by atoms with Crippen molar-refractivity contribution in [3.63, 3.8) is 0 Å². The van der Waals surface area contributed by atoms with Crippen LogP contribution in [-0.2, 0) is 14.3 Å². The summed E-state index contributed by atoms with van der Waals surface area (Å²) in [4.78, 5) is 51.1. The molecule has 0 saturated carbocycles. The predicted molar refractivity (Wildman–Crippen MR) is 195 cm³/mol. The molecule has 6 rings (SSSR count). The van der Waals surface area contributed by atoms with Crippen molar-refractivity contribution in [2.75, 3.05) is 55.9 Å². The van der Waals surface area contributed by atoms with Gasteiger partial charge in [0.25, 0.3) is 11.8 Å². The fraction of sp³-hybridized carbons (Fsp3) is 0.222. The SMILES string of the molecule is CCOC(=O)COc1c(Cl)cc(C(=O)N2CCOc3ccccc32)cc1Cl.O=C(O)COc1c(Cl)cc(C(=O)N2CCOc3ccccc32)cc1Cl. The van der Waals surface area contributed by atoms with Gasteiger partial charge in [0.2, 0.25) is 0 Å². The fourth-order valence-corrected chi connectivity index (χ4v) is 6.38. The molecule has 2 amide bonds. The molecule has 1 N–H and O–H groups in total. The second-order valence-electron chi connectivity index (χ2n) is 10.9. The summed E-state index contributed by atoms with van der Waals surface area (Å²) >= 11 is 24.6. The number of rotatable bonds is 9. The molecular formula is C36H30Cl4N2O10.